The van der Waals surface area contributed by atoms with E-state index in [1.54, 1.807) is 18.7 Å². The molecule has 1 aromatic rings. The van der Waals surface area contributed by atoms with E-state index in [9.17, 15) is 14.7 Å². The minimum Gasteiger partial charge on any atom is -0.480 e. The van der Waals surface area contributed by atoms with Crippen molar-refractivity contribution in [3.63, 3.8) is 0 Å². The van der Waals surface area contributed by atoms with Crippen molar-refractivity contribution >= 4 is 23.5 Å². The number of carbonyl (C=O) groups excluding carboxylic acids is 1. The van der Waals surface area contributed by atoms with E-state index in [4.69, 9.17) is 0 Å². The van der Waals surface area contributed by atoms with Crippen molar-refractivity contribution in [1.29, 1.82) is 0 Å². The minimum atomic E-state index is -1.22. The average molecular weight is 278 g/mol. The molecule has 1 N–H and O–H groups in total. The van der Waals surface area contributed by atoms with Gasteiger partial charge < -0.3 is 5.11 Å². The van der Waals surface area contributed by atoms with Crippen molar-refractivity contribution in [3.05, 3.63) is 30.3 Å². The molecule has 1 aliphatic carbocycles. The molecule has 102 valence electrons. The maximum Gasteiger partial charge on any atom is 0.317 e. The van der Waals surface area contributed by atoms with E-state index >= 15 is 0 Å². The molecule has 1 aliphatic rings. The molecule has 19 heavy (non-hydrogen) atoms. The van der Waals surface area contributed by atoms with E-state index < -0.39 is 11.4 Å². The molecule has 3 nitrogen and oxygen atoms in total. The Labute approximate surface area is 117 Å². The first-order valence-electron chi connectivity index (χ1n) is 6.44. The van der Waals surface area contributed by atoms with Gasteiger partial charge in [-0.05, 0) is 31.4 Å². The summed E-state index contributed by atoms with van der Waals surface area (Å²) in [7, 11) is 0. The van der Waals surface area contributed by atoms with Crippen LogP contribution in [0.25, 0.3) is 0 Å². The lowest BCUT2D eigenvalue weighted by Crippen LogP contribution is -2.41. The third-order valence-electron chi connectivity index (χ3n) is 4.08. The Morgan fingerprint density at radius 3 is 2.63 bits per heavy atom. The SMILES string of the molecule is CC(Sc1ccccc1)C1CCC(=O)C1(C)C(=O)O. The average Bonchev–Trinajstić information content (AvgIpc) is 2.68. The molecule has 0 saturated heterocycles. The van der Waals surface area contributed by atoms with Crippen LogP contribution in [0.5, 0.6) is 0 Å². The summed E-state index contributed by atoms with van der Waals surface area (Å²) in [6, 6.07) is 9.90. The Morgan fingerprint density at radius 2 is 2.05 bits per heavy atom. The molecule has 1 fully saturated rings. The topological polar surface area (TPSA) is 54.4 Å². The fraction of sp³-hybridized carbons (Fsp3) is 0.467. The van der Waals surface area contributed by atoms with Gasteiger partial charge >= 0.3 is 5.97 Å². The zero-order valence-corrected chi connectivity index (χ0v) is 11.9. The second-order valence-electron chi connectivity index (χ2n) is 5.21. The number of thioether (sulfide) groups is 1. The van der Waals surface area contributed by atoms with Crippen molar-refractivity contribution in [2.45, 2.75) is 36.8 Å². The standard InChI is InChI=1S/C15H18O3S/c1-10(19-11-6-4-3-5-7-11)12-8-9-13(16)15(12,2)14(17)18/h3-7,10,12H,8-9H2,1-2H3,(H,17,18). The van der Waals surface area contributed by atoms with Crippen LogP contribution in [0.3, 0.4) is 0 Å². The first-order valence-corrected chi connectivity index (χ1v) is 7.32. The second-order valence-corrected chi connectivity index (χ2v) is 6.66. The molecule has 0 bridgehead atoms. The van der Waals surface area contributed by atoms with Crippen LogP contribution in [0, 0.1) is 11.3 Å². The molecule has 1 saturated carbocycles. The summed E-state index contributed by atoms with van der Waals surface area (Å²) in [6.07, 6.45) is 1.05. The van der Waals surface area contributed by atoms with Crippen LogP contribution < -0.4 is 0 Å². The normalized spacial score (nSPS) is 28.3. The molecule has 0 aromatic heterocycles. The number of hydrogen-bond donors (Lipinski definition) is 1. The van der Waals surface area contributed by atoms with Crippen LogP contribution in [-0.2, 0) is 9.59 Å². The summed E-state index contributed by atoms with van der Waals surface area (Å²) < 4.78 is 0. The first kappa shape index (κ1) is 14.1. The van der Waals surface area contributed by atoms with Gasteiger partial charge in [0, 0.05) is 16.6 Å². The highest BCUT2D eigenvalue weighted by Gasteiger charge is 2.53. The highest BCUT2D eigenvalue weighted by atomic mass is 32.2. The fourth-order valence-electron chi connectivity index (χ4n) is 2.82. The van der Waals surface area contributed by atoms with Gasteiger partial charge in [-0.2, -0.15) is 0 Å². The van der Waals surface area contributed by atoms with Crippen LogP contribution in [0.4, 0.5) is 0 Å². The molecular formula is C15H18O3S. The summed E-state index contributed by atoms with van der Waals surface area (Å²) in [5.41, 5.74) is -1.22. The lowest BCUT2D eigenvalue weighted by molar-refractivity contribution is -0.154. The van der Waals surface area contributed by atoms with Crippen molar-refractivity contribution in [1.82, 2.24) is 0 Å². The van der Waals surface area contributed by atoms with Crippen molar-refractivity contribution in [2.24, 2.45) is 11.3 Å². The Morgan fingerprint density at radius 1 is 1.42 bits per heavy atom. The number of hydrogen-bond acceptors (Lipinski definition) is 3. The van der Waals surface area contributed by atoms with E-state index in [0.29, 0.717) is 12.8 Å². The summed E-state index contributed by atoms with van der Waals surface area (Å²) in [4.78, 5) is 24.5. The van der Waals surface area contributed by atoms with E-state index in [1.165, 1.54) is 0 Å². The highest BCUT2D eigenvalue weighted by molar-refractivity contribution is 8.00. The van der Waals surface area contributed by atoms with Crippen LogP contribution in [0.15, 0.2) is 35.2 Å². The largest absolute Gasteiger partial charge is 0.480 e. The lowest BCUT2D eigenvalue weighted by Gasteiger charge is -2.30. The Kier molecular flexibility index (Phi) is 3.99. The van der Waals surface area contributed by atoms with Crippen LogP contribution in [0.2, 0.25) is 0 Å². The van der Waals surface area contributed by atoms with Gasteiger partial charge in [-0.15, -0.1) is 11.8 Å². The first-order chi connectivity index (χ1) is 8.96. The van der Waals surface area contributed by atoms with E-state index in [2.05, 4.69) is 0 Å². The molecule has 4 heteroatoms. The summed E-state index contributed by atoms with van der Waals surface area (Å²) >= 11 is 1.65. The van der Waals surface area contributed by atoms with Gasteiger partial charge in [-0.1, -0.05) is 25.1 Å². The van der Waals surface area contributed by atoms with Crippen molar-refractivity contribution in [2.75, 3.05) is 0 Å². The Balaban J connectivity index is 2.17. The highest BCUT2D eigenvalue weighted by Crippen LogP contribution is 2.46. The van der Waals surface area contributed by atoms with Crippen LogP contribution >= 0.6 is 11.8 Å². The summed E-state index contributed by atoms with van der Waals surface area (Å²) in [5, 5.41) is 9.50. The van der Waals surface area contributed by atoms with E-state index in [1.807, 2.05) is 37.3 Å². The smallest absolute Gasteiger partial charge is 0.317 e. The number of aliphatic carboxylic acids is 1. The quantitative estimate of drug-likeness (QED) is 0.678. The molecule has 2 rings (SSSR count). The predicted octanol–water partition coefficient (Wildman–Crippen LogP) is 3.24. The number of carbonyl (C=O) groups is 2. The third-order valence-corrected chi connectivity index (χ3v) is 5.32. The third kappa shape index (κ3) is 2.54. The van der Waals surface area contributed by atoms with Gasteiger partial charge in [-0.3, -0.25) is 9.59 Å². The van der Waals surface area contributed by atoms with Gasteiger partial charge in [0.2, 0.25) is 0 Å². The monoisotopic (exact) mass is 278 g/mol. The van der Waals surface area contributed by atoms with Gasteiger partial charge in [0.1, 0.15) is 11.2 Å². The van der Waals surface area contributed by atoms with E-state index in [-0.39, 0.29) is 17.0 Å². The van der Waals surface area contributed by atoms with Gasteiger partial charge in [0.15, 0.2) is 0 Å². The number of ketones is 1. The van der Waals surface area contributed by atoms with Crippen LogP contribution in [0.1, 0.15) is 26.7 Å². The van der Waals surface area contributed by atoms with Crippen LogP contribution in [-0.4, -0.2) is 22.1 Å². The molecule has 1 aromatic carbocycles. The summed E-state index contributed by atoms with van der Waals surface area (Å²) in [5.74, 6) is -1.23. The predicted molar refractivity (Wildman–Crippen MR) is 75.2 cm³/mol. The second kappa shape index (κ2) is 5.37. The summed E-state index contributed by atoms with van der Waals surface area (Å²) in [6.45, 7) is 3.60. The molecule has 0 amide bonds. The van der Waals surface area contributed by atoms with Crippen molar-refractivity contribution < 1.29 is 14.7 Å². The minimum absolute atomic E-state index is 0.106. The molecule has 0 spiro atoms. The maximum absolute atomic E-state index is 11.9. The number of Topliss-reactive ketones (excluding diaryl/α,β-unsaturated/α-hetero) is 1. The fourth-order valence-corrected chi connectivity index (χ4v) is 4.14. The number of rotatable bonds is 4. The number of carboxylic acids is 1. The molecule has 3 unspecified atom stereocenters. The molecule has 0 aliphatic heterocycles. The van der Waals surface area contributed by atoms with Gasteiger partial charge in [-0.25, -0.2) is 0 Å². The number of benzene rings is 1. The van der Waals surface area contributed by atoms with Crippen molar-refractivity contribution in [3.8, 4) is 0 Å². The van der Waals surface area contributed by atoms with Gasteiger partial charge in [0.25, 0.3) is 0 Å². The molecule has 0 heterocycles. The van der Waals surface area contributed by atoms with E-state index in [0.717, 1.165) is 4.90 Å². The number of carboxylic acid groups (broad SMARTS) is 1. The Bertz CT molecular complexity index is 485. The molecule has 0 radical (unpaired) electrons. The zero-order chi connectivity index (χ0) is 14.0. The maximum atomic E-state index is 11.9. The lowest BCUT2D eigenvalue weighted by atomic mass is 9.77. The molecular weight excluding hydrogens is 260 g/mol. The Hall–Kier alpha value is -1.29. The zero-order valence-electron chi connectivity index (χ0n) is 11.1. The van der Waals surface area contributed by atoms with Gasteiger partial charge in [0.05, 0.1) is 0 Å². The molecule has 3 atom stereocenters.